The van der Waals surface area contributed by atoms with Crippen LogP contribution in [-0.4, -0.2) is 74.7 Å². The quantitative estimate of drug-likeness (QED) is 0.418. The second-order valence-corrected chi connectivity index (χ2v) is 10.2. The van der Waals surface area contributed by atoms with Gasteiger partial charge in [-0.1, -0.05) is 84.5 Å². The Morgan fingerprint density at radius 1 is 1.28 bits per heavy atom. The van der Waals surface area contributed by atoms with Gasteiger partial charge in [-0.15, -0.1) is 0 Å². The number of fused-ring (bicyclic) bond motifs is 2. The van der Waals surface area contributed by atoms with E-state index in [4.69, 9.17) is 17.6 Å². The van der Waals surface area contributed by atoms with Crippen molar-refractivity contribution in [2.45, 2.75) is 32.7 Å². The van der Waals surface area contributed by atoms with Crippen LogP contribution in [0.15, 0.2) is 108 Å². The van der Waals surface area contributed by atoms with Crippen molar-refractivity contribution < 1.29 is 4.74 Å². The number of rotatable bonds is 6. The van der Waals surface area contributed by atoms with Gasteiger partial charge in [0.1, 0.15) is 20.3 Å². The smallest absolute Gasteiger partial charge is 0.151 e. The molecule has 5 nitrogen and oxygen atoms in total. The van der Waals surface area contributed by atoms with Crippen LogP contribution in [0.2, 0.25) is 0 Å². The largest absolute Gasteiger partial charge is 0.475 e. The van der Waals surface area contributed by atoms with Crippen molar-refractivity contribution in [3.63, 3.8) is 0 Å². The van der Waals surface area contributed by atoms with Gasteiger partial charge in [0.05, 0.1) is 0 Å². The van der Waals surface area contributed by atoms with Crippen LogP contribution in [0.5, 0.6) is 0 Å². The van der Waals surface area contributed by atoms with E-state index in [-0.39, 0.29) is 0 Å². The second kappa shape index (κ2) is 14.8. The molecule has 39 heavy (non-hydrogen) atoms. The zero-order valence-corrected chi connectivity index (χ0v) is 23.5. The fraction of sp³-hybridized carbons (Fsp3) is 0.364. The SMILES string of the molecule is CC(C1=CCC=CC=C1)N1COC2=C(C=C(CN3CCNCC3)Cc3cccnc32)C1.[B]C(/C=C\C)=C/C=C. The number of nitrogens with one attached hydrogen (secondary N) is 1. The fourth-order valence-electron chi connectivity index (χ4n) is 5.24. The first kappa shape index (κ1) is 28.8. The van der Waals surface area contributed by atoms with E-state index < -0.39 is 0 Å². The average Bonchev–Trinajstić information content (AvgIpc) is 3.31. The van der Waals surface area contributed by atoms with Crippen molar-refractivity contribution in [2.24, 2.45) is 0 Å². The van der Waals surface area contributed by atoms with Gasteiger partial charge in [0.15, 0.2) is 5.76 Å². The van der Waals surface area contributed by atoms with Crippen LogP contribution in [0.25, 0.3) is 5.76 Å². The first-order valence-electron chi connectivity index (χ1n) is 14.0. The van der Waals surface area contributed by atoms with E-state index >= 15 is 0 Å². The third-order valence-electron chi connectivity index (χ3n) is 7.30. The monoisotopic (exact) mass is 520 g/mol. The first-order chi connectivity index (χ1) is 19.1. The zero-order chi connectivity index (χ0) is 27.5. The van der Waals surface area contributed by atoms with Crippen LogP contribution in [0.1, 0.15) is 31.5 Å². The molecule has 1 fully saturated rings. The predicted octanol–water partition coefficient (Wildman–Crippen LogP) is 5.10. The Bertz CT molecular complexity index is 1210. The molecule has 0 saturated carbocycles. The van der Waals surface area contributed by atoms with Gasteiger partial charge >= 0.3 is 0 Å². The Hall–Kier alpha value is -3.19. The van der Waals surface area contributed by atoms with Gasteiger partial charge in [0.25, 0.3) is 0 Å². The Labute approximate surface area is 236 Å². The number of piperazine rings is 1. The summed E-state index contributed by atoms with van der Waals surface area (Å²) in [7, 11) is 5.40. The number of hydrogen-bond donors (Lipinski definition) is 1. The molecule has 5 rings (SSSR count). The maximum atomic E-state index is 6.39. The molecule has 1 atom stereocenters. The fourth-order valence-corrected chi connectivity index (χ4v) is 5.24. The summed E-state index contributed by atoms with van der Waals surface area (Å²) in [6, 6.07) is 4.56. The number of ether oxygens (including phenoxy) is 1. The highest BCUT2D eigenvalue weighted by Gasteiger charge is 2.29. The normalized spacial score (nSPS) is 20.9. The average molecular weight is 521 g/mol. The molecule has 1 aromatic rings. The number of pyridine rings is 1. The highest BCUT2D eigenvalue weighted by atomic mass is 16.5. The van der Waals surface area contributed by atoms with Gasteiger partial charge in [-0.3, -0.25) is 14.8 Å². The van der Waals surface area contributed by atoms with E-state index in [2.05, 4.69) is 71.1 Å². The predicted molar refractivity (Wildman–Crippen MR) is 164 cm³/mol. The zero-order valence-electron chi connectivity index (χ0n) is 23.5. The highest BCUT2D eigenvalue weighted by molar-refractivity contribution is 6.23. The Morgan fingerprint density at radius 3 is 2.92 bits per heavy atom. The van der Waals surface area contributed by atoms with Gasteiger partial charge in [-0.2, -0.15) is 0 Å². The number of aromatic nitrogens is 1. The van der Waals surface area contributed by atoms with E-state index in [0.717, 1.165) is 69.0 Å². The van der Waals surface area contributed by atoms with Crippen molar-refractivity contribution >= 4 is 13.6 Å². The minimum Gasteiger partial charge on any atom is -0.475 e. The molecule has 1 aromatic heterocycles. The summed E-state index contributed by atoms with van der Waals surface area (Å²) in [5, 5.41) is 3.46. The summed E-state index contributed by atoms with van der Waals surface area (Å²) < 4.78 is 6.39. The molecule has 0 amide bonds. The molecule has 202 valence electrons. The van der Waals surface area contributed by atoms with Crippen molar-refractivity contribution in [1.29, 1.82) is 0 Å². The topological polar surface area (TPSA) is 40.6 Å². The Kier molecular flexibility index (Phi) is 11.0. The molecular formula is C33H41BN4O. The summed E-state index contributed by atoms with van der Waals surface area (Å²) in [5.41, 5.74) is 7.11. The van der Waals surface area contributed by atoms with Gasteiger partial charge < -0.3 is 10.1 Å². The summed E-state index contributed by atoms with van der Waals surface area (Å²) in [4.78, 5) is 9.71. The van der Waals surface area contributed by atoms with E-state index in [9.17, 15) is 0 Å². The standard InChI is InChI=1S/C26H32N4O.C7H9B/c1-20(22-7-4-2-3-5-8-22)30-18-24-16-21(17-29-13-11-27-12-14-29)15-23-9-6-10-28-25(23)26(24)31-19-30;1-3-5-7(8)6-4-2/h2-4,6-10,16,20,27H,5,11-15,17-19H2,1H3;3-6H,1H2,2H3/b;6-4-,7-5+. The summed E-state index contributed by atoms with van der Waals surface area (Å²) in [6.07, 6.45) is 24.4. The molecule has 2 aliphatic carbocycles. The number of hydrogen-bond acceptors (Lipinski definition) is 5. The highest BCUT2D eigenvalue weighted by Crippen LogP contribution is 2.33. The Balaban J connectivity index is 0.000000386. The van der Waals surface area contributed by atoms with Gasteiger partial charge in [0, 0.05) is 57.1 Å². The molecule has 4 aliphatic rings. The third-order valence-corrected chi connectivity index (χ3v) is 7.30. The molecular weight excluding hydrogens is 479 g/mol. The molecule has 0 spiro atoms. The molecule has 2 aliphatic heterocycles. The minimum absolute atomic E-state index is 0.307. The molecule has 1 N–H and O–H groups in total. The molecule has 1 saturated heterocycles. The molecule has 0 aromatic carbocycles. The first-order valence-corrected chi connectivity index (χ1v) is 14.0. The van der Waals surface area contributed by atoms with Gasteiger partial charge in [0.2, 0.25) is 0 Å². The maximum Gasteiger partial charge on any atom is 0.151 e. The third kappa shape index (κ3) is 8.15. The molecule has 6 heteroatoms. The number of nitrogens with zero attached hydrogens (tertiary/aromatic N) is 3. The summed E-state index contributed by atoms with van der Waals surface area (Å²) in [5.74, 6) is 0.974. The maximum absolute atomic E-state index is 6.39. The van der Waals surface area contributed by atoms with E-state index in [1.165, 1.54) is 22.3 Å². The summed E-state index contributed by atoms with van der Waals surface area (Å²) in [6.45, 7) is 14.6. The van der Waals surface area contributed by atoms with Crippen LogP contribution in [0.4, 0.5) is 0 Å². The molecule has 2 radical (unpaired) electrons. The lowest BCUT2D eigenvalue weighted by Crippen LogP contribution is -2.44. The van der Waals surface area contributed by atoms with Crippen molar-refractivity contribution in [1.82, 2.24) is 20.1 Å². The molecule has 1 unspecified atom stereocenters. The molecule has 0 bridgehead atoms. The van der Waals surface area contributed by atoms with Crippen LogP contribution >= 0.6 is 0 Å². The lowest BCUT2D eigenvalue weighted by molar-refractivity contribution is 0.0773. The second-order valence-electron chi connectivity index (χ2n) is 10.2. The summed E-state index contributed by atoms with van der Waals surface area (Å²) >= 11 is 0. The lowest BCUT2D eigenvalue weighted by Gasteiger charge is -2.35. The van der Waals surface area contributed by atoms with E-state index in [1.807, 2.05) is 31.3 Å². The van der Waals surface area contributed by atoms with E-state index in [1.54, 1.807) is 12.2 Å². The van der Waals surface area contributed by atoms with Crippen LogP contribution in [-0.2, 0) is 11.2 Å². The lowest BCUT2D eigenvalue weighted by atomic mass is 9.95. The number of allylic oxidation sites excluding steroid dienone is 9. The van der Waals surface area contributed by atoms with Gasteiger partial charge in [-0.05, 0) is 43.9 Å². The van der Waals surface area contributed by atoms with Crippen LogP contribution in [0, 0.1) is 0 Å². The Morgan fingerprint density at radius 2 is 2.13 bits per heavy atom. The van der Waals surface area contributed by atoms with E-state index in [0.29, 0.717) is 12.8 Å². The minimum atomic E-state index is 0.307. The van der Waals surface area contributed by atoms with Gasteiger partial charge in [-0.25, -0.2) is 0 Å². The van der Waals surface area contributed by atoms with Crippen molar-refractivity contribution in [3.05, 3.63) is 119 Å². The van der Waals surface area contributed by atoms with Crippen LogP contribution < -0.4 is 5.32 Å². The van der Waals surface area contributed by atoms with Crippen molar-refractivity contribution in [3.8, 4) is 0 Å². The van der Waals surface area contributed by atoms with Crippen LogP contribution in [0.3, 0.4) is 0 Å². The molecule has 3 heterocycles. The van der Waals surface area contributed by atoms with Crippen molar-refractivity contribution in [2.75, 3.05) is 46.0 Å².